The van der Waals surface area contributed by atoms with Crippen LogP contribution in [0.2, 0.25) is 0 Å². The zero-order valence-electron chi connectivity index (χ0n) is 9.66. The van der Waals surface area contributed by atoms with Crippen molar-refractivity contribution in [1.82, 2.24) is 10.6 Å². The maximum Gasteiger partial charge on any atom is 0.221 e. The van der Waals surface area contributed by atoms with E-state index < -0.39 is 0 Å². The average Bonchev–Trinajstić information content (AvgIpc) is 2.94. The second kappa shape index (κ2) is 4.37. The van der Waals surface area contributed by atoms with Gasteiger partial charge in [0.05, 0.1) is 6.61 Å². The van der Waals surface area contributed by atoms with E-state index in [-0.39, 0.29) is 11.9 Å². The van der Waals surface area contributed by atoms with Crippen molar-refractivity contribution >= 4 is 5.91 Å². The van der Waals surface area contributed by atoms with Crippen molar-refractivity contribution in [3.63, 3.8) is 0 Å². The first-order valence-electron chi connectivity index (χ1n) is 6.06. The number of hydrogen-bond donors (Lipinski definition) is 2. The molecule has 0 aliphatic carbocycles. The molecule has 0 aromatic heterocycles. The number of hydrogen-bond acceptors (Lipinski definition) is 3. The Morgan fingerprint density at radius 2 is 2.41 bits per heavy atom. The van der Waals surface area contributed by atoms with Crippen LogP contribution in [0.5, 0.6) is 5.75 Å². The van der Waals surface area contributed by atoms with Crippen molar-refractivity contribution in [3.8, 4) is 5.75 Å². The molecule has 2 aliphatic heterocycles. The Balaban J connectivity index is 1.60. The summed E-state index contributed by atoms with van der Waals surface area (Å²) in [7, 11) is 0. The summed E-state index contributed by atoms with van der Waals surface area (Å²) in [6, 6.07) is 6.59. The Labute approximate surface area is 100 Å². The van der Waals surface area contributed by atoms with Gasteiger partial charge in [-0.25, -0.2) is 0 Å². The minimum absolute atomic E-state index is 0.143. The van der Waals surface area contributed by atoms with E-state index in [1.807, 2.05) is 6.07 Å². The molecule has 1 amide bonds. The minimum atomic E-state index is 0.143. The lowest BCUT2D eigenvalue weighted by Crippen LogP contribution is -2.30. The summed E-state index contributed by atoms with van der Waals surface area (Å²) >= 11 is 0. The van der Waals surface area contributed by atoms with E-state index in [0.717, 1.165) is 31.9 Å². The smallest absolute Gasteiger partial charge is 0.221 e. The number of rotatable bonds is 3. The molecule has 2 heterocycles. The monoisotopic (exact) mass is 232 g/mol. The van der Waals surface area contributed by atoms with Gasteiger partial charge in [-0.05, 0) is 17.2 Å². The van der Waals surface area contributed by atoms with Gasteiger partial charge in [-0.2, -0.15) is 0 Å². The SMILES string of the molecule is O=C1CC(NCc2ccc3c(c2)CCO3)CN1. The molecule has 1 aromatic rings. The summed E-state index contributed by atoms with van der Waals surface area (Å²) in [5.41, 5.74) is 2.55. The zero-order valence-corrected chi connectivity index (χ0v) is 9.66. The highest BCUT2D eigenvalue weighted by Gasteiger charge is 2.20. The van der Waals surface area contributed by atoms with E-state index in [0.29, 0.717) is 6.42 Å². The van der Waals surface area contributed by atoms with Crippen LogP contribution in [0.25, 0.3) is 0 Å². The predicted octanol–water partition coefficient (Wildman–Crippen LogP) is 0.600. The molecular formula is C13H16N2O2. The van der Waals surface area contributed by atoms with Crippen LogP contribution in [-0.2, 0) is 17.8 Å². The fraction of sp³-hybridized carbons (Fsp3) is 0.462. The van der Waals surface area contributed by atoms with Gasteiger partial charge in [0.15, 0.2) is 0 Å². The third-order valence-corrected chi connectivity index (χ3v) is 3.33. The summed E-state index contributed by atoms with van der Waals surface area (Å²) in [6.07, 6.45) is 1.60. The molecule has 90 valence electrons. The van der Waals surface area contributed by atoms with Crippen molar-refractivity contribution in [3.05, 3.63) is 29.3 Å². The molecule has 0 radical (unpaired) electrons. The van der Waals surface area contributed by atoms with Crippen molar-refractivity contribution in [1.29, 1.82) is 0 Å². The van der Waals surface area contributed by atoms with E-state index in [4.69, 9.17) is 4.74 Å². The molecule has 1 fully saturated rings. The Kier molecular flexibility index (Phi) is 2.73. The van der Waals surface area contributed by atoms with Gasteiger partial charge in [-0.3, -0.25) is 4.79 Å². The van der Waals surface area contributed by atoms with Crippen LogP contribution in [0, 0.1) is 0 Å². The average molecular weight is 232 g/mol. The second-order valence-electron chi connectivity index (χ2n) is 4.63. The van der Waals surface area contributed by atoms with Gasteiger partial charge in [0.2, 0.25) is 5.91 Å². The zero-order chi connectivity index (χ0) is 11.7. The normalized spacial score (nSPS) is 22.1. The molecule has 0 bridgehead atoms. The highest BCUT2D eigenvalue weighted by atomic mass is 16.5. The van der Waals surface area contributed by atoms with Crippen LogP contribution < -0.4 is 15.4 Å². The van der Waals surface area contributed by atoms with E-state index in [1.54, 1.807) is 0 Å². The molecule has 2 aliphatic rings. The molecule has 1 aromatic carbocycles. The molecular weight excluding hydrogens is 216 g/mol. The first-order valence-corrected chi connectivity index (χ1v) is 6.06. The third kappa shape index (κ3) is 2.26. The van der Waals surface area contributed by atoms with Crippen LogP contribution >= 0.6 is 0 Å². The predicted molar refractivity (Wildman–Crippen MR) is 63.9 cm³/mol. The number of amides is 1. The van der Waals surface area contributed by atoms with Crippen LogP contribution in [0.3, 0.4) is 0 Å². The fourth-order valence-corrected chi connectivity index (χ4v) is 2.36. The Morgan fingerprint density at radius 3 is 3.24 bits per heavy atom. The van der Waals surface area contributed by atoms with Crippen LogP contribution in [0.1, 0.15) is 17.5 Å². The molecule has 0 spiro atoms. The van der Waals surface area contributed by atoms with Crippen molar-refractivity contribution in [2.45, 2.75) is 25.4 Å². The first-order chi connectivity index (χ1) is 8.31. The van der Waals surface area contributed by atoms with Crippen molar-refractivity contribution in [2.75, 3.05) is 13.2 Å². The summed E-state index contributed by atoms with van der Waals surface area (Å²) in [6.45, 7) is 2.35. The third-order valence-electron chi connectivity index (χ3n) is 3.33. The van der Waals surface area contributed by atoms with Gasteiger partial charge < -0.3 is 15.4 Å². The van der Waals surface area contributed by atoms with Gasteiger partial charge in [0.25, 0.3) is 0 Å². The summed E-state index contributed by atoms with van der Waals surface area (Å²) < 4.78 is 5.47. The lowest BCUT2D eigenvalue weighted by atomic mass is 10.1. The molecule has 0 saturated carbocycles. The number of fused-ring (bicyclic) bond motifs is 1. The van der Waals surface area contributed by atoms with E-state index >= 15 is 0 Å². The fourth-order valence-electron chi connectivity index (χ4n) is 2.36. The standard InChI is InChI=1S/C13H16N2O2/c16-13-6-11(8-15-13)14-7-9-1-2-12-10(5-9)3-4-17-12/h1-2,5,11,14H,3-4,6-8H2,(H,15,16). The highest BCUT2D eigenvalue weighted by molar-refractivity contribution is 5.78. The quantitative estimate of drug-likeness (QED) is 0.802. The van der Waals surface area contributed by atoms with Gasteiger partial charge in [-0.15, -0.1) is 0 Å². The van der Waals surface area contributed by atoms with Crippen molar-refractivity contribution in [2.24, 2.45) is 0 Å². The van der Waals surface area contributed by atoms with Crippen molar-refractivity contribution < 1.29 is 9.53 Å². The van der Waals surface area contributed by atoms with E-state index in [2.05, 4.69) is 22.8 Å². The molecule has 3 rings (SSSR count). The number of ether oxygens (including phenoxy) is 1. The number of nitrogens with one attached hydrogen (secondary N) is 2. The van der Waals surface area contributed by atoms with E-state index in [1.165, 1.54) is 11.1 Å². The van der Waals surface area contributed by atoms with Crippen LogP contribution in [0.15, 0.2) is 18.2 Å². The van der Waals surface area contributed by atoms with Crippen LogP contribution in [-0.4, -0.2) is 25.1 Å². The molecule has 4 nitrogen and oxygen atoms in total. The molecule has 1 unspecified atom stereocenters. The summed E-state index contributed by atoms with van der Waals surface area (Å²) in [5, 5.41) is 6.22. The van der Waals surface area contributed by atoms with Gasteiger partial charge >= 0.3 is 0 Å². The maximum atomic E-state index is 11.1. The lowest BCUT2D eigenvalue weighted by Gasteiger charge is -2.10. The number of carbonyl (C=O) groups excluding carboxylic acids is 1. The molecule has 1 saturated heterocycles. The van der Waals surface area contributed by atoms with Gasteiger partial charge in [0, 0.05) is 32.0 Å². The molecule has 17 heavy (non-hydrogen) atoms. The number of carbonyl (C=O) groups is 1. The Morgan fingerprint density at radius 1 is 1.47 bits per heavy atom. The van der Waals surface area contributed by atoms with E-state index in [9.17, 15) is 4.79 Å². The van der Waals surface area contributed by atoms with Crippen LogP contribution in [0.4, 0.5) is 0 Å². The van der Waals surface area contributed by atoms with Gasteiger partial charge in [0.1, 0.15) is 5.75 Å². The minimum Gasteiger partial charge on any atom is -0.493 e. The second-order valence-corrected chi connectivity index (χ2v) is 4.63. The topological polar surface area (TPSA) is 50.4 Å². The Hall–Kier alpha value is -1.55. The Bertz CT molecular complexity index is 445. The lowest BCUT2D eigenvalue weighted by molar-refractivity contribution is -0.119. The molecule has 2 N–H and O–H groups in total. The molecule has 1 atom stereocenters. The first kappa shape index (κ1) is 10.6. The molecule has 4 heteroatoms. The largest absolute Gasteiger partial charge is 0.493 e. The number of benzene rings is 1. The summed E-state index contributed by atoms with van der Waals surface area (Å²) in [5.74, 6) is 1.16. The summed E-state index contributed by atoms with van der Waals surface area (Å²) in [4.78, 5) is 11.1. The maximum absolute atomic E-state index is 11.1. The highest BCUT2D eigenvalue weighted by Crippen LogP contribution is 2.25. The van der Waals surface area contributed by atoms with Gasteiger partial charge in [-0.1, -0.05) is 12.1 Å².